The van der Waals surface area contributed by atoms with E-state index in [9.17, 15) is 4.79 Å². The zero-order valence-corrected chi connectivity index (χ0v) is 11.8. The second kappa shape index (κ2) is 5.55. The maximum Gasteiger partial charge on any atom is 0.279 e. The largest absolute Gasteiger partial charge is 0.444 e. The van der Waals surface area contributed by atoms with Crippen LogP contribution in [0.15, 0.2) is 35.2 Å². The fourth-order valence-corrected chi connectivity index (χ4v) is 1.88. The Labute approximate surface area is 128 Å². The molecule has 3 aromatic rings. The van der Waals surface area contributed by atoms with E-state index in [0.29, 0.717) is 15.6 Å². The summed E-state index contributed by atoms with van der Waals surface area (Å²) >= 11 is 11.8. The van der Waals surface area contributed by atoms with Crippen molar-refractivity contribution in [2.75, 3.05) is 5.32 Å². The zero-order chi connectivity index (χ0) is 14.8. The van der Waals surface area contributed by atoms with Crippen LogP contribution in [0.2, 0.25) is 10.0 Å². The van der Waals surface area contributed by atoms with Gasteiger partial charge in [0, 0.05) is 5.56 Å². The van der Waals surface area contributed by atoms with Crippen molar-refractivity contribution in [1.82, 2.24) is 20.2 Å². The average Bonchev–Trinajstić information content (AvgIpc) is 3.12. The highest BCUT2D eigenvalue weighted by atomic mass is 35.5. The average molecular weight is 324 g/mol. The van der Waals surface area contributed by atoms with Gasteiger partial charge in [-0.2, -0.15) is 10.1 Å². The topological polar surface area (TPSA) is 96.7 Å². The van der Waals surface area contributed by atoms with E-state index in [-0.39, 0.29) is 17.5 Å². The van der Waals surface area contributed by atoms with E-state index in [1.165, 1.54) is 12.6 Å². The highest BCUT2D eigenvalue weighted by Crippen LogP contribution is 2.28. The first kappa shape index (κ1) is 13.6. The molecule has 2 heterocycles. The first-order valence-electron chi connectivity index (χ1n) is 5.71. The Balaban J connectivity index is 1.82. The van der Waals surface area contributed by atoms with Crippen molar-refractivity contribution in [3.8, 4) is 11.5 Å². The molecule has 0 aliphatic carbocycles. The number of carbonyl (C=O) groups is 1. The van der Waals surface area contributed by atoms with Gasteiger partial charge in [0.15, 0.2) is 5.69 Å². The molecule has 9 heteroatoms. The van der Waals surface area contributed by atoms with E-state index in [1.807, 2.05) is 0 Å². The van der Waals surface area contributed by atoms with E-state index in [2.05, 4.69) is 25.5 Å². The zero-order valence-electron chi connectivity index (χ0n) is 10.3. The number of rotatable bonds is 3. The van der Waals surface area contributed by atoms with Gasteiger partial charge in [-0.05, 0) is 18.2 Å². The smallest absolute Gasteiger partial charge is 0.279 e. The first-order valence-corrected chi connectivity index (χ1v) is 6.47. The number of aromatic amines is 1. The van der Waals surface area contributed by atoms with Crippen LogP contribution in [0, 0.1) is 0 Å². The third-order valence-corrected chi connectivity index (χ3v) is 3.29. The normalized spacial score (nSPS) is 10.6. The predicted octanol–water partition coefficient (Wildman–Crippen LogP) is 3.02. The molecule has 0 atom stereocenters. The number of H-pyrrole nitrogens is 1. The Kier molecular flexibility index (Phi) is 3.59. The Morgan fingerprint density at radius 3 is 2.86 bits per heavy atom. The predicted molar refractivity (Wildman–Crippen MR) is 76.3 cm³/mol. The van der Waals surface area contributed by atoms with Gasteiger partial charge in [-0.1, -0.05) is 23.2 Å². The Morgan fingerprint density at radius 2 is 2.14 bits per heavy atom. The van der Waals surface area contributed by atoms with Gasteiger partial charge < -0.3 is 4.42 Å². The van der Waals surface area contributed by atoms with Gasteiger partial charge >= 0.3 is 0 Å². The van der Waals surface area contributed by atoms with E-state index in [1.54, 1.807) is 18.2 Å². The maximum absolute atomic E-state index is 11.9. The summed E-state index contributed by atoms with van der Waals surface area (Å²) < 4.78 is 5.27. The number of anilines is 1. The molecule has 2 N–H and O–H groups in total. The molecule has 0 saturated carbocycles. The highest BCUT2D eigenvalue weighted by molar-refractivity contribution is 6.42. The molecule has 0 bridgehead atoms. The summed E-state index contributed by atoms with van der Waals surface area (Å²) in [5.41, 5.74) is 0.718. The number of oxazole rings is 1. The molecule has 2 aromatic heterocycles. The van der Waals surface area contributed by atoms with Crippen LogP contribution in [-0.4, -0.2) is 26.1 Å². The molecule has 1 amide bonds. The van der Waals surface area contributed by atoms with Crippen LogP contribution in [0.4, 0.5) is 5.95 Å². The number of nitrogens with zero attached hydrogens (tertiary/aromatic N) is 3. The molecule has 7 nitrogen and oxygen atoms in total. The van der Waals surface area contributed by atoms with E-state index in [0.717, 1.165) is 0 Å². The molecular formula is C12H7Cl2N5O2. The lowest BCUT2D eigenvalue weighted by Crippen LogP contribution is -2.13. The third-order valence-electron chi connectivity index (χ3n) is 2.55. The van der Waals surface area contributed by atoms with Crippen molar-refractivity contribution in [3.05, 3.63) is 46.5 Å². The molecule has 0 fully saturated rings. The van der Waals surface area contributed by atoms with Crippen LogP contribution in [0.3, 0.4) is 0 Å². The van der Waals surface area contributed by atoms with Crippen molar-refractivity contribution in [2.45, 2.75) is 0 Å². The summed E-state index contributed by atoms with van der Waals surface area (Å²) in [5.74, 6) is 0.0113. The monoisotopic (exact) mass is 323 g/mol. The van der Waals surface area contributed by atoms with Gasteiger partial charge in [-0.15, -0.1) is 0 Å². The van der Waals surface area contributed by atoms with Gasteiger partial charge in [-0.3, -0.25) is 10.1 Å². The standard InChI is InChI=1S/C12H7Cl2N5O2/c13-7-2-1-6(3-8(7)14)11-17-9(4-21-11)10(20)18-12-15-5-16-19-12/h1-5H,(H2,15,16,18,19,20). The molecular weight excluding hydrogens is 317 g/mol. The van der Waals surface area contributed by atoms with E-state index in [4.69, 9.17) is 27.6 Å². The Bertz CT molecular complexity index is 785. The molecule has 3 rings (SSSR count). The number of amides is 1. The fourth-order valence-electron chi connectivity index (χ4n) is 1.58. The molecule has 0 unspecified atom stereocenters. The summed E-state index contributed by atoms with van der Waals surface area (Å²) in [6.45, 7) is 0. The summed E-state index contributed by atoms with van der Waals surface area (Å²) in [6, 6.07) is 4.92. The van der Waals surface area contributed by atoms with Gasteiger partial charge in [0.2, 0.25) is 11.8 Å². The van der Waals surface area contributed by atoms with Crippen LogP contribution >= 0.6 is 23.2 Å². The van der Waals surface area contributed by atoms with Crippen LogP contribution < -0.4 is 5.32 Å². The molecule has 106 valence electrons. The van der Waals surface area contributed by atoms with E-state index >= 15 is 0 Å². The van der Waals surface area contributed by atoms with Gasteiger partial charge in [0.25, 0.3) is 5.91 Å². The minimum absolute atomic E-state index is 0.104. The van der Waals surface area contributed by atoms with Crippen molar-refractivity contribution in [2.24, 2.45) is 0 Å². The van der Waals surface area contributed by atoms with Crippen molar-refractivity contribution < 1.29 is 9.21 Å². The van der Waals surface area contributed by atoms with Crippen molar-refractivity contribution in [3.63, 3.8) is 0 Å². The minimum atomic E-state index is -0.471. The SMILES string of the molecule is O=C(Nc1ncn[nH]1)c1coc(-c2ccc(Cl)c(Cl)c2)n1. The van der Waals surface area contributed by atoms with Crippen LogP contribution in [-0.2, 0) is 0 Å². The number of nitrogens with one attached hydrogen (secondary N) is 2. The Morgan fingerprint density at radius 1 is 1.29 bits per heavy atom. The van der Waals surface area contributed by atoms with E-state index < -0.39 is 5.91 Å². The number of benzene rings is 1. The molecule has 0 aliphatic heterocycles. The second-order valence-electron chi connectivity index (χ2n) is 3.95. The molecule has 0 aliphatic rings. The summed E-state index contributed by atoms with van der Waals surface area (Å²) in [5, 5.41) is 9.41. The number of aromatic nitrogens is 4. The maximum atomic E-state index is 11.9. The van der Waals surface area contributed by atoms with Gasteiger partial charge in [-0.25, -0.2) is 10.1 Å². The molecule has 1 aromatic carbocycles. The van der Waals surface area contributed by atoms with Crippen LogP contribution in [0.1, 0.15) is 10.5 Å². The molecule has 0 radical (unpaired) electrons. The minimum Gasteiger partial charge on any atom is -0.444 e. The fraction of sp³-hybridized carbons (Fsp3) is 0. The van der Waals surface area contributed by atoms with Gasteiger partial charge in [0.1, 0.15) is 12.6 Å². The quantitative estimate of drug-likeness (QED) is 0.772. The summed E-state index contributed by atoms with van der Waals surface area (Å²) in [4.78, 5) is 19.8. The third kappa shape index (κ3) is 2.88. The lowest BCUT2D eigenvalue weighted by atomic mass is 10.2. The lowest BCUT2D eigenvalue weighted by molar-refractivity contribution is 0.102. The number of carbonyl (C=O) groups excluding carboxylic acids is 1. The summed E-state index contributed by atoms with van der Waals surface area (Å²) in [6.07, 6.45) is 2.52. The van der Waals surface area contributed by atoms with Gasteiger partial charge in [0.05, 0.1) is 10.0 Å². The second-order valence-corrected chi connectivity index (χ2v) is 4.77. The number of hydrogen-bond acceptors (Lipinski definition) is 5. The first-order chi connectivity index (χ1) is 10.1. The molecule has 0 spiro atoms. The van der Waals surface area contributed by atoms with Crippen molar-refractivity contribution >= 4 is 35.1 Å². The lowest BCUT2D eigenvalue weighted by Gasteiger charge is -1.98. The van der Waals surface area contributed by atoms with Crippen LogP contribution in [0.5, 0.6) is 0 Å². The number of hydrogen-bond donors (Lipinski definition) is 2. The number of halogens is 2. The molecule has 0 saturated heterocycles. The summed E-state index contributed by atoms with van der Waals surface area (Å²) in [7, 11) is 0. The van der Waals surface area contributed by atoms with Crippen LogP contribution in [0.25, 0.3) is 11.5 Å². The highest BCUT2D eigenvalue weighted by Gasteiger charge is 2.15. The Hall–Kier alpha value is -2.38. The molecule has 21 heavy (non-hydrogen) atoms. The van der Waals surface area contributed by atoms with Crippen molar-refractivity contribution in [1.29, 1.82) is 0 Å².